The van der Waals surface area contributed by atoms with Crippen molar-refractivity contribution in [3.63, 3.8) is 0 Å². The van der Waals surface area contributed by atoms with Gasteiger partial charge in [-0.2, -0.15) is 0 Å². The van der Waals surface area contributed by atoms with Gasteiger partial charge in [-0.1, -0.05) is 29.5 Å². The number of aromatic nitrogens is 5. The lowest BCUT2D eigenvalue weighted by Crippen LogP contribution is -2.60. The molecule has 5 heterocycles. The van der Waals surface area contributed by atoms with Crippen LogP contribution in [0.15, 0.2) is 67.1 Å². The van der Waals surface area contributed by atoms with Crippen LogP contribution in [0, 0.1) is 5.41 Å². The smallest absolute Gasteiger partial charge is 0.325 e. The number of hydrogen-bond acceptors (Lipinski definition) is 10. The summed E-state index contributed by atoms with van der Waals surface area (Å²) in [5.74, 6) is -1.82. The van der Waals surface area contributed by atoms with E-state index in [4.69, 9.17) is 4.74 Å². The molecule has 4 aromatic rings. The number of hydrogen-bond donors (Lipinski definition) is 3. The lowest BCUT2D eigenvalue weighted by Gasteiger charge is -2.35. The second-order valence-corrected chi connectivity index (χ2v) is 13.3. The van der Waals surface area contributed by atoms with Gasteiger partial charge in [-0.25, -0.2) is 5.43 Å². The minimum absolute atomic E-state index is 0.159. The van der Waals surface area contributed by atoms with Gasteiger partial charge in [0.1, 0.15) is 29.9 Å². The average Bonchev–Trinajstić information content (AvgIpc) is 3.60. The molecule has 3 N–H and O–H groups in total. The Morgan fingerprint density at radius 1 is 0.980 bits per heavy atom. The van der Waals surface area contributed by atoms with E-state index in [0.29, 0.717) is 36.5 Å². The van der Waals surface area contributed by atoms with Crippen LogP contribution in [0.4, 0.5) is 0 Å². The van der Waals surface area contributed by atoms with Gasteiger partial charge in [0.15, 0.2) is 0 Å². The first-order valence-corrected chi connectivity index (χ1v) is 16.8. The summed E-state index contributed by atoms with van der Waals surface area (Å²) in [6, 6.07) is 10.4. The molecule has 1 aromatic carbocycles. The molecule has 0 saturated carbocycles. The predicted octanol–water partition coefficient (Wildman–Crippen LogP) is 3.12. The normalized spacial score (nSPS) is 24.0. The summed E-state index contributed by atoms with van der Waals surface area (Å²) in [7, 11) is 0. The van der Waals surface area contributed by atoms with E-state index in [1.807, 2.05) is 42.5 Å². The van der Waals surface area contributed by atoms with Gasteiger partial charge in [0.05, 0.1) is 23.0 Å². The maximum atomic E-state index is 13.8. The molecule has 50 heavy (non-hydrogen) atoms. The molecule has 0 spiro atoms. The number of amides is 3. The molecule has 14 nitrogen and oxygen atoms in total. The van der Waals surface area contributed by atoms with Gasteiger partial charge < -0.3 is 15.4 Å². The number of fused-ring (bicyclic) bond motifs is 4. The molecule has 4 atom stereocenters. The van der Waals surface area contributed by atoms with Crippen molar-refractivity contribution in [2.75, 3.05) is 6.54 Å². The van der Waals surface area contributed by atoms with Crippen LogP contribution in [0.1, 0.15) is 64.3 Å². The number of ether oxygens (including phenoxy) is 1. The van der Waals surface area contributed by atoms with Crippen molar-refractivity contribution in [2.24, 2.45) is 5.41 Å². The maximum absolute atomic E-state index is 13.8. The number of pyridine rings is 2. The van der Waals surface area contributed by atoms with Crippen LogP contribution in [0.2, 0.25) is 0 Å². The van der Waals surface area contributed by atoms with Gasteiger partial charge in [0.25, 0.3) is 5.91 Å². The topological polar surface area (TPSA) is 173 Å². The Morgan fingerprint density at radius 3 is 2.62 bits per heavy atom. The molecule has 2 aliphatic heterocycles. The highest BCUT2D eigenvalue weighted by molar-refractivity contribution is 5.94. The van der Waals surface area contributed by atoms with E-state index in [-0.39, 0.29) is 18.9 Å². The largest absolute Gasteiger partial charge is 0.457 e. The number of nitrogens with one attached hydrogen (secondary N) is 3. The Hall–Kier alpha value is -5.50. The van der Waals surface area contributed by atoms with Crippen LogP contribution >= 0.6 is 0 Å². The van der Waals surface area contributed by atoms with Crippen LogP contribution in [0.25, 0.3) is 28.2 Å². The number of carbonyl (C=O) groups is 4. The summed E-state index contributed by atoms with van der Waals surface area (Å²) < 4.78 is 7.42. The van der Waals surface area contributed by atoms with E-state index in [9.17, 15) is 19.2 Å². The van der Waals surface area contributed by atoms with E-state index in [0.717, 1.165) is 16.3 Å². The summed E-state index contributed by atoms with van der Waals surface area (Å²) in [4.78, 5) is 63.1. The van der Waals surface area contributed by atoms with Crippen LogP contribution in [-0.4, -0.2) is 78.3 Å². The van der Waals surface area contributed by atoms with Crippen molar-refractivity contribution in [1.82, 2.24) is 46.0 Å². The number of carbonyl (C=O) groups excluding carboxylic acids is 4. The van der Waals surface area contributed by atoms with Gasteiger partial charge in [0, 0.05) is 30.9 Å². The monoisotopic (exact) mass is 679 g/mol. The van der Waals surface area contributed by atoms with Crippen LogP contribution in [0.3, 0.4) is 0 Å². The molecule has 14 heteroatoms. The molecule has 2 aliphatic rings. The lowest BCUT2D eigenvalue weighted by atomic mass is 9.90. The quantitative estimate of drug-likeness (QED) is 0.272. The molecule has 1 fully saturated rings. The minimum atomic E-state index is -1.04. The van der Waals surface area contributed by atoms with Gasteiger partial charge in [0.2, 0.25) is 11.8 Å². The van der Waals surface area contributed by atoms with E-state index in [1.54, 1.807) is 63.1 Å². The Bertz CT molecular complexity index is 1930. The highest BCUT2D eigenvalue weighted by atomic mass is 16.5. The van der Waals surface area contributed by atoms with E-state index < -0.39 is 47.4 Å². The van der Waals surface area contributed by atoms with Gasteiger partial charge in [-0.05, 0) is 88.2 Å². The first-order chi connectivity index (χ1) is 24.0. The molecule has 6 rings (SSSR count). The molecule has 3 aromatic heterocycles. The number of hydrazine groups is 1. The molecule has 0 radical (unpaired) electrons. The summed E-state index contributed by atoms with van der Waals surface area (Å²) >= 11 is 0. The van der Waals surface area contributed by atoms with Gasteiger partial charge in [-0.15, -0.1) is 5.10 Å². The fourth-order valence-corrected chi connectivity index (χ4v) is 5.85. The van der Waals surface area contributed by atoms with Crippen LogP contribution in [0.5, 0.6) is 0 Å². The molecular formula is C36H41N9O5. The molecule has 260 valence electrons. The zero-order valence-electron chi connectivity index (χ0n) is 28.5. The first kappa shape index (κ1) is 34.4. The average molecular weight is 680 g/mol. The fourth-order valence-electron chi connectivity index (χ4n) is 5.85. The van der Waals surface area contributed by atoms with Crippen molar-refractivity contribution in [1.29, 1.82) is 0 Å². The fraction of sp³-hybridized carbons (Fsp3) is 0.389. The van der Waals surface area contributed by atoms with Gasteiger partial charge in [-0.3, -0.25) is 38.8 Å². The molecule has 1 saturated heterocycles. The second-order valence-electron chi connectivity index (χ2n) is 13.3. The van der Waals surface area contributed by atoms with Crippen molar-refractivity contribution in [3.05, 3.63) is 78.4 Å². The number of rotatable bonds is 4. The van der Waals surface area contributed by atoms with Crippen molar-refractivity contribution >= 4 is 40.5 Å². The summed E-state index contributed by atoms with van der Waals surface area (Å²) in [6.45, 7) is 7.47. The second kappa shape index (κ2) is 14.5. The third-order valence-corrected chi connectivity index (χ3v) is 8.99. The van der Waals surface area contributed by atoms with Gasteiger partial charge >= 0.3 is 5.97 Å². The Morgan fingerprint density at radius 2 is 1.82 bits per heavy atom. The highest BCUT2D eigenvalue weighted by Gasteiger charge is 2.34. The number of nitrogens with zero attached hydrogens (tertiary/aromatic N) is 6. The van der Waals surface area contributed by atoms with Crippen molar-refractivity contribution in [3.8, 4) is 11.4 Å². The molecule has 5 bridgehead atoms. The highest BCUT2D eigenvalue weighted by Crippen LogP contribution is 2.26. The number of cyclic esters (lactones) is 1. The summed E-state index contributed by atoms with van der Waals surface area (Å²) in [5.41, 5.74) is 4.63. The third kappa shape index (κ3) is 7.86. The Labute approximate surface area is 289 Å². The molecule has 0 aliphatic carbocycles. The Balaban J connectivity index is 1.28. The van der Waals surface area contributed by atoms with E-state index in [2.05, 4.69) is 36.3 Å². The number of benzene rings is 1. The maximum Gasteiger partial charge on any atom is 0.325 e. The molecule has 0 unspecified atom stereocenters. The Kier molecular flexibility index (Phi) is 10.00. The standard InChI is InChI=1S/C36H41N9O5/c1-22-33(47)45-16-7-9-30(42-45)34(48)50-23(2)24-10-11-25-20-38-27(19-26(25)18-24)12-14-36(3,4)35(49)40-29(32(46)39-22)13-17-44-21-31(41-43-44)28-8-5-6-15-37-28/h5-6,8,10-12,14-15,18-23,29-30,42H,7,9,13,16-17H2,1-4H3,(H,39,46)(H,40,49)/b14-12+/t22-,23+,29-,30-/m0/s1. The number of aryl methyl sites for hydroxylation is 1. The lowest BCUT2D eigenvalue weighted by molar-refractivity contribution is -0.157. The summed E-state index contributed by atoms with van der Waals surface area (Å²) in [5, 5.41) is 17.2. The summed E-state index contributed by atoms with van der Waals surface area (Å²) in [6.07, 6.45) is 9.31. The predicted molar refractivity (Wildman–Crippen MR) is 184 cm³/mol. The van der Waals surface area contributed by atoms with Crippen LogP contribution in [-0.2, 0) is 30.5 Å². The molecular weight excluding hydrogens is 638 g/mol. The first-order valence-electron chi connectivity index (χ1n) is 16.8. The minimum Gasteiger partial charge on any atom is -0.457 e. The number of esters is 1. The zero-order valence-corrected chi connectivity index (χ0v) is 28.5. The SMILES string of the molecule is C[C@@H]1NC(=O)[C@H](CCn2cc(-c3ccccn3)nn2)NC(=O)C(C)(C)/C=C/c2cc3cc(ccc3cn2)[C@@H](C)OC(=O)[C@@H]2CCCN(N2)C1=O. The zero-order chi connectivity index (χ0) is 35.4. The van der Waals surface area contributed by atoms with Crippen molar-refractivity contribution in [2.45, 2.75) is 77.7 Å². The molecule has 3 amide bonds. The van der Waals surface area contributed by atoms with Crippen molar-refractivity contribution < 1.29 is 23.9 Å². The van der Waals surface area contributed by atoms with E-state index >= 15 is 0 Å². The van der Waals surface area contributed by atoms with E-state index in [1.165, 1.54) is 5.01 Å². The third-order valence-electron chi connectivity index (χ3n) is 8.99. The van der Waals surface area contributed by atoms with Crippen LogP contribution < -0.4 is 16.1 Å².